The average molecular weight is 350 g/mol. The quantitative estimate of drug-likeness (QED) is 0.910. The van der Waals surface area contributed by atoms with Crippen molar-refractivity contribution >= 4 is 37.8 Å². The van der Waals surface area contributed by atoms with E-state index in [1.165, 1.54) is 0 Å². The first-order chi connectivity index (χ1) is 7.51. The van der Waals surface area contributed by atoms with Gasteiger partial charge in [-0.1, -0.05) is 15.9 Å². The van der Waals surface area contributed by atoms with Crippen molar-refractivity contribution in [1.82, 2.24) is 0 Å². The first kappa shape index (κ1) is 11.9. The summed E-state index contributed by atoms with van der Waals surface area (Å²) >= 11 is 6.75. The second kappa shape index (κ2) is 4.04. The maximum atomic E-state index is 11.3. The fourth-order valence-electron chi connectivity index (χ4n) is 1.85. The van der Waals surface area contributed by atoms with Crippen molar-refractivity contribution in [1.29, 1.82) is 0 Å². The topological polar surface area (TPSA) is 46.5 Å². The van der Waals surface area contributed by atoms with Gasteiger partial charge in [0.15, 0.2) is 0 Å². The molecule has 2 rings (SSSR count). The van der Waals surface area contributed by atoms with Crippen molar-refractivity contribution in [2.45, 2.75) is 18.3 Å². The molecule has 0 amide bonds. The van der Waals surface area contributed by atoms with Crippen molar-refractivity contribution < 1.29 is 14.6 Å². The Bertz CT molecular complexity index is 453. The molecule has 1 N–H and O–H groups in total. The molecule has 0 unspecified atom stereocenters. The molecule has 0 atom stereocenters. The molecule has 1 aliphatic carbocycles. The van der Waals surface area contributed by atoms with E-state index in [1.54, 1.807) is 7.11 Å². The Morgan fingerprint density at radius 3 is 2.50 bits per heavy atom. The van der Waals surface area contributed by atoms with Gasteiger partial charge in [0.2, 0.25) is 0 Å². The number of ether oxygens (including phenoxy) is 1. The van der Waals surface area contributed by atoms with Crippen molar-refractivity contribution in [3.05, 3.63) is 26.6 Å². The molecule has 86 valence electrons. The van der Waals surface area contributed by atoms with E-state index in [9.17, 15) is 9.90 Å². The number of benzene rings is 1. The van der Waals surface area contributed by atoms with Crippen LogP contribution in [-0.2, 0) is 10.2 Å². The lowest BCUT2D eigenvalue weighted by molar-refractivity contribution is -0.140. The molecule has 1 saturated carbocycles. The van der Waals surface area contributed by atoms with Gasteiger partial charge in [-0.3, -0.25) is 4.79 Å². The minimum Gasteiger partial charge on any atom is -0.495 e. The minimum absolute atomic E-state index is 0.614. The second-order valence-corrected chi connectivity index (χ2v) is 5.63. The summed E-state index contributed by atoms with van der Waals surface area (Å²) in [6.45, 7) is 0. The summed E-state index contributed by atoms with van der Waals surface area (Å²) in [5.41, 5.74) is -0.0128. The Labute approximate surface area is 110 Å². The molecule has 0 aliphatic heterocycles. The summed E-state index contributed by atoms with van der Waals surface area (Å²) < 4.78 is 6.90. The maximum absolute atomic E-state index is 11.3. The first-order valence-corrected chi connectivity index (χ1v) is 6.37. The van der Waals surface area contributed by atoms with E-state index in [1.807, 2.05) is 12.1 Å². The van der Waals surface area contributed by atoms with Crippen molar-refractivity contribution in [3.63, 3.8) is 0 Å². The van der Waals surface area contributed by atoms with Gasteiger partial charge in [0.05, 0.1) is 17.0 Å². The largest absolute Gasteiger partial charge is 0.495 e. The molecule has 1 aromatic carbocycles. The average Bonchev–Trinajstić information content (AvgIpc) is 2.97. The molecule has 0 aromatic heterocycles. The third-order valence-electron chi connectivity index (χ3n) is 2.89. The normalized spacial score (nSPS) is 16.9. The Morgan fingerprint density at radius 1 is 1.44 bits per heavy atom. The standard InChI is InChI=1S/C11H10Br2O3/c1-16-9-7(4-6(12)5-8(9)13)11(2-3-11)10(14)15/h4-5H,2-3H2,1H3,(H,14,15). The van der Waals surface area contributed by atoms with Crippen LogP contribution in [-0.4, -0.2) is 18.2 Å². The Hall–Kier alpha value is -0.550. The Kier molecular flexibility index (Phi) is 3.01. The molecule has 0 radical (unpaired) electrons. The predicted octanol–water partition coefficient (Wildman–Crippen LogP) is 3.34. The van der Waals surface area contributed by atoms with E-state index < -0.39 is 11.4 Å². The minimum atomic E-state index is -0.782. The van der Waals surface area contributed by atoms with Gasteiger partial charge in [0, 0.05) is 10.0 Å². The molecule has 0 spiro atoms. The van der Waals surface area contributed by atoms with E-state index in [0.717, 1.165) is 14.5 Å². The van der Waals surface area contributed by atoms with Gasteiger partial charge in [0.25, 0.3) is 0 Å². The predicted molar refractivity (Wildman–Crippen MR) is 66.9 cm³/mol. The number of carboxylic acid groups (broad SMARTS) is 1. The van der Waals surface area contributed by atoms with E-state index in [2.05, 4.69) is 31.9 Å². The fourth-order valence-corrected chi connectivity index (χ4v) is 3.23. The Morgan fingerprint density at radius 2 is 2.06 bits per heavy atom. The molecule has 5 heteroatoms. The molecule has 0 saturated heterocycles. The summed E-state index contributed by atoms with van der Waals surface area (Å²) in [5.74, 6) is -0.168. The van der Waals surface area contributed by atoms with Crippen LogP contribution in [0.4, 0.5) is 0 Å². The molecular weight excluding hydrogens is 340 g/mol. The van der Waals surface area contributed by atoms with Crippen LogP contribution < -0.4 is 4.74 Å². The Balaban J connectivity index is 2.60. The van der Waals surface area contributed by atoms with Crippen LogP contribution in [0.2, 0.25) is 0 Å². The molecule has 1 aromatic rings. The van der Waals surface area contributed by atoms with Crippen LogP contribution in [0.1, 0.15) is 18.4 Å². The molecule has 0 heterocycles. The third kappa shape index (κ3) is 1.76. The number of halogens is 2. The molecule has 0 bridgehead atoms. The zero-order valence-corrected chi connectivity index (χ0v) is 11.8. The lowest BCUT2D eigenvalue weighted by Crippen LogP contribution is -2.20. The molecule has 1 fully saturated rings. The third-order valence-corrected chi connectivity index (χ3v) is 3.93. The smallest absolute Gasteiger partial charge is 0.314 e. The highest BCUT2D eigenvalue weighted by molar-refractivity contribution is 9.11. The summed E-state index contributed by atoms with van der Waals surface area (Å²) in [5, 5.41) is 9.27. The van der Waals surface area contributed by atoms with E-state index in [0.29, 0.717) is 18.6 Å². The lowest BCUT2D eigenvalue weighted by Gasteiger charge is -2.16. The van der Waals surface area contributed by atoms with Crippen LogP contribution >= 0.6 is 31.9 Å². The van der Waals surface area contributed by atoms with Crippen molar-refractivity contribution in [3.8, 4) is 5.75 Å². The van der Waals surface area contributed by atoms with E-state index in [-0.39, 0.29) is 0 Å². The van der Waals surface area contributed by atoms with Crippen LogP contribution in [0.15, 0.2) is 21.1 Å². The molecule has 1 aliphatic rings. The van der Waals surface area contributed by atoms with Gasteiger partial charge < -0.3 is 9.84 Å². The van der Waals surface area contributed by atoms with Gasteiger partial charge in [-0.2, -0.15) is 0 Å². The number of hydrogen-bond acceptors (Lipinski definition) is 2. The molecular formula is C11H10Br2O3. The number of rotatable bonds is 3. The van der Waals surface area contributed by atoms with Gasteiger partial charge in [-0.15, -0.1) is 0 Å². The van der Waals surface area contributed by atoms with Crippen LogP contribution in [0.3, 0.4) is 0 Å². The van der Waals surface area contributed by atoms with Crippen molar-refractivity contribution in [2.75, 3.05) is 7.11 Å². The van der Waals surface area contributed by atoms with Gasteiger partial charge in [-0.25, -0.2) is 0 Å². The van der Waals surface area contributed by atoms with Crippen molar-refractivity contribution in [2.24, 2.45) is 0 Å². The van der Waals surface area contributed by atoms with Gasteiger partial charge in [0.1, 0.15) is 5.75 Å². The van der Waals surface area contributed by atoms with Gasteiger partial charge >= 0.3 is 5.97 Å². The van der Waals surface area contributed by atoms with E-state index in [4.69, 9.17) is 4.74 Å². The number of carbonyl (C=O) groups is 1. The fraction of sp³-hybridized carbons (Fsp3) is 0.364. The summed E-state index contributed by atoms with van der Waals surface area (Å²) in [7, 11) is 1.55. The monoisotopic (exact) mass is 348 g/mol. The van der Waals surface area contributed by atoms with E-state index >= 15 is 0 Å². The first-order valence-electron chi connectivity index (χ1n) is 4.78. The van der Waals surface area contributed by atoms with Crippen LogP contribution in [0, 0.1) is 0 Å². The highest BCUT2D eigenvalue weighted by Crippen LogP contribution is 2.53. The molecule has 3 nitrogen and oxygen atoms in total. The number of aliphatic carboxylic acids is 1. The highest BCUT2D eigenvalue weighted by Gasteiger charge is 2.53. The zero-order chi connectivity index (χ0) is 11.9. The van der Waals surface area contributed by atoms with Gasteiger partial charge in [-0.05, 0) is 40.9 Å². The summed E-state index contributed by atoms with van der Waals surface area (Å²) in [6.07, 6.45) is 1.34. The van der Waals surface area contributed by atoms with Crippen LogP contribution in [0.25, 0.3) is 0 Å². The summed E-state index contributed by atoms with van der Waals surface area (Å²) in [6, 6.07) is 3.67. The zero-order valence-electron chi connectivity index (χ0n) is 8.59. The molecule has 16 heavy (non-hydrogen) atoms. The maximum Gasteiger partial charge on any atom is 0.314 e. The highest BCUT2D eigenvalue weighted by atomic mass is 79.9. The number of hydrogen-bond donors (Lipinski definition) is 1. The lowest BCUT2D eigenvalue weighted by atomic mass is 9.95. The number of methoxy groups -OCH3 is 1. The SMILES string of the molecule is COc1c(Br)cc(Br)cc1C1(C(=O)O)CC1. The van der Waals surface area contributed by atoms with Crippen LogP contribution in [0.5, 0.6) is 5.75 Å². The summed E-state index contributed by atoms with van der Waals surface area (Å²) in [4.78, 5) is 11.3. The second-order valence-electron chi connectivity index (χ2n) is 3.86. The number of carboxylic acids is 1.